The van der Waals surface area contributed by atoms with Crippen molar-refractivity contribution < 1.29 is 5.11 Å². The number of aromatic hydroxyl groups is 1. The fourth-order valence-electron chi connectivity index (χ4n) is 1.17. The van der Waals surface area contributed by atoms with Crippen molar-refractivity contribution >= 4 is 23.0 Å². The molecule has 0 atom stereocenters. The number of hydrogen-bond donors (Lipinski definition) is 3. The summed E-state index contributed by atoms with van der Waals surface area (Å²) in [5, 5.41) is 17.1. The highest BCUT2D eigenvalue weighted by atomic mass is 32.1. The van der Waals surface area contributed by atoms with Crippen LogP contribution in [0.25, 0.3) is 0 Å². The zero-order chi connectivity index (χ0) is 12.0. The molecule has 0 bridgehead atoms. The van der Waals surface area contributed by atoms with Crippen LogP contribution in [0.4, 0.5) is 0 Å². The first-order valence-electron chi connectivity index (χ1n) is 5.01. The number of phenolic OH excluding ortho intramolecular Hbond substituents is 1. The van der Waals surface area contributed by atoms with E-state index in [0.29, 0.717) is 16.4 Å². The summed E-state index contributed by atoms with van der Waals surface area (Å²) in [5.41, 5.74) is 4.07. The summed E-state index contributed by atoms with van der Waals surface area (Å²) in [4.78, 5) is 0. The van der Waals surface area contributed by atoms with Crippen LogP contribution in [0.1, 0.15) is 19.4 Å². The highest BCUT2D eigenvalue weighted by Crippen LogP contribution is 2.15. The summed E-state index contributed by atoms with van der Waals surface area (Å²) in [5.74, 6) is 0.208. The maximum absolute atomic E-state index is 9.59. The Bertz CT molecular complexity index is 404. The molecule has 0 heterocycles. The first-order chi connectivity index (χ1) is 7.65. The zero-order valence-corrected chi connectivity index (χ0v) is 10.1. The van der Waals surface area contributed by atoms with Gasteiger partial charge in [0.2, 0.25) is 0 Å². The second kappa shape index (κ2) is 6.07. The number of thiocarbonyl (C=S) groups is 1. The molecule has 0 aliphatic rings. The topological polar surface area (TPSA) is 56.7 Å². The molecule has 1 aromatic rings. The highest BCUT2D eigenvalue weighted by molar-refractivity contribution is 7.80. The molecule has 0 saturated heterocycles. The number of phenols is 1. The summed E-state index contributed by atoms with van der Waals surface area (Å²) in [6.45, 7) is 4.50. The number of hydrogen-bond acceptors (Lipinski definition) is 3. The summed E-state index contributed by atoms with van der Waals surface area (Å²) in [6, 6.07) is 7.03. The van der Waals surface area contributed by atoms with Gasteiger partial charge in [-0.1, -0.05) is 12.1 Å². The minimum absolute atomic E-state index is 0.208. The molecule has 16 heavy (non-hydrogen) atoms. The molecule has 0 aliphatic heterocycles. The van der Waals surface area contributed by atoms with Crippen LogP contribution in [-0.2, 0) is 0 Å². The number of hydrazone groups is 1. The predicted molar refractivity (Wildman–Crippen MR) is 69.7 cm³/mol. The smallest absolute Gasteiger partial charge is 0.186 e. The molecule has 4 nitrogen and oxygen atoms in total. The molecule has 0 unspecified atom stereocenters. The van der Waals surface area contributed by atoms with Gasteiger partial charge in [-0.05, 0) is 38.2 Å². The van der Waals surface area contributed by atoms with E-state index in [-0.39, 0.29) is 5.75 Å². The van der Waals surface area contributed by atoms with E-state index in [0.717, 1.165) is 6.54 Å². The van der Waals surface area contributed by atoms with Crippen LogP contribution in [0, 0.1) is 0 Å². The van der Waals surface area contributed by atoms with Crippen LogP contribution in [0.5, 0.6) is 5.75 Å². The number of rotatable bonds is 3. The molecule has 0 spiro atoms. The monoisotopic (exact) mass is 237 g/mol. The minimum atomic E-state index is 0.208. The van der Waals surface area contributed by atoms with Gasteiger partial charge in [-0.2, -0.15) is 5.10 Å². The molecule has 0 fully saturated rings. The van der Waals surface area contributed by atoms with Crippen LogP contribution in [0.2, 0.25) is 0 Å². The van der Waals surface area contributed by atoms with Crippen molar-refractivity contribution in [1.29, 1.82) is 0 Å². The number of para-hydroxylation sites is 1. The van der Waals surface area contributed by atoms with Crippen LogP contribution in [-0.4, -0.2) is 22.5 Å². The van der Waals surface area contributed by atoms with E-state index in [1.54, 1.807) is 25.1 Å². The standard InChI is InChI=1S/C11H15N3OS/c1-3-12-11(16)14-13-8(2)9-6-4-5-7-10(9)15/h4-7,15H,3H2,1-2H3,(H2,12,14,16)/b13-8+. The van der Waals surface area contributed by atoms with Crippen molar-refractivity contribution in [2.75, 3.05) is 6.54 Å². The molecule has 0 aromatic heterocycles. The van der Waals surface area contributed by atoms with Crippen LogP contribution < -0.4 is 10.7 Å². The normalized spacial score (nSPS) is 11.0. The Morgan fingerprint density at radius 1 is 1.44 bits per heavy atom. The summed E-state index contributed by atoms with van der Waals surface area (Å²) in [6.07, 6.45) is 0. The maximum Gasteiger partial charge on any atom is 0.186 e. The quantitative estimate of drug-likeness (QED) is 0.424. The Kier molecular flexibility index (Phi) is 4.72. The first-order valence-corrected chi connectivity index (χ1v) is 5.42. The van der Waals surface area contributed by atoms with Crippen molar-refractivity contribution in [3.8, 4) is 5.75 Å². The second-order valence-corrected chi connectivity index (χ2v) is 3.59. The second-order valence-electron chi connectivity index (χ2n) is 3.19. The van der Waals surface area contributed by atoms with Crippen molar-refractivity contribution in [3.63, 3.8) is 0 Å². The molecule has 0 amide bonds. The van der Waals surface area contributed by atoms with Gasteiger partial charge in [-0.15, -0.1) is 0 Å². The third-order valence-electron chi connectivity index (χ3n) is 1.96. The average Bonchev–Trinajstić information content (AvgIpc) is 2.27. The lowest BCUT2D eigenvalue weighted by Gasteiger charge is -2.06. The number of benzene rings is 1. The first kappa shape index (κ1) is 12.4. The summed E-state index contributed by atoms with van der Waals surface area (Å²) < 4.78 is 0. The molecule has 1 aromatic carbocycles. The fourth-order valence-corrected chi connectivity index (χ4v) is 1.36. The van der Waals surface area contributed by atoms with E-state index < -0.39 is 0 Å². The van der Waals surface area contributed by atoms with Gasteiger partial charge in [0.1, 0.15) is 5.75 Å². The zero-order valence-electron chi connectivity index (χ0n) is 9.32. The van der Waals surface area contributed by atoms with Gasteiger partial charge in [-0.3, -0.25) is 5.43 Å². The molecule has 3 N–H and O–H groups in total. The Morgan fingerprint density at radius 2 is 2.12 bits per heavy atom. The molecular formula is C11H15N3OS. The van der Waals surface area contributed by atoms with E-state index >= 15 is 0 Å². The van der Waals surface area contributed by atoms with Crippen LogP contribution in [0.15, 0.2) is 29.4 Å². The Balaban J connectivity index is 2.71. The Morgan fingerprint density at radius 3 is 2.75 bits per heavy atom. The van der Waals surface area contributed by atoms with Gasteiger partial charge < -0.3 is 10.4 Å². The molecular weight excluding hydrogens is 222 g/mol. The number of nitrogens with zero attached hydrogens (tertiary/aromatic N) is 1. The largest absolute Gasteiger partial charge is 0.507 e. The lowest BCUT2D eigenvalue weighted by molar-refractivity contribution is 0.474. The van der Waals surface area contributed by atoms with Crippen molar-refractivity contribution in [2.24, 2.45) is 5.10 Å². The van der Waals surface area contributed by atoms with Crippen molar-refractivity contribution in [1.82, 2.24) is 10.7 Å². The summed E-state index contributed by atoms with van der Waals surface area (Å²) >= 11 is 4.96. The predicted octanol–water partition coefficient (Wildman–Crippen LogP) is 1.60. The van der Waals surface area contributed by atoms with Crippen molar-refractivity contribution in [3.05, 3.63) is 29.8 Å². The van der Waals surface area contributed by atoms with Gasteiger partial charge in [0.05, 0.1) is 5.71 Å². The number of nitrogens with one attached hydrogen (secondary N) is 2. The third kappa shape index (κ3) is 3.51. The average molecular weight is 237 g/mol. The van der Waals surface area contributed by atoms with Gasteiger partial charge in [-0.25, -0.2) is 0 Å². The lowest BCUT2D eigenvalue weighted by atomic mass is 10.1. The van der Waals surface area contributed by atoms with Crippen LogP contribution >= 0.6 is 12.2 Å². The molecule has 0 saturated carbocycles. The molecule has 5 heteroatoms. The van der Waals surface area contributed by atoms with Gasteiger partial charge in [0, 0.05) is 12.1 Å². The van der Waals surface area contributed by atoms with E-state index in [1.165, 1.54) is 0 Å². The lowest BCUT2D eigenvalue weighted by Crippen LogP contribution is -2.32. The van der Waals surface area contributed by atoms with Gasteiger partial charge in [0.25, 0.3) is 0 Å². The maximum atomic E-state index is 9.59. The van der Waals surface area contributed by atoms with E-state index in [9.17, 15) is 5.11 Å². The molecule has 0 radical (unpaired) electrons. The highest BCUT2D eigenvalue weighted by Gasteiger charge is 2.02. The molecule has 0 aliphatic carbocycles. The third-order valence-corrected chi connectivity index (χ3v) is 2.19. The van der Waals surface area contributed by atoms with Crippen molar-refractivity contribution in [2.45, 2.75) is 13.8 Å². The minimum Gasteiger partial charge on any atom is -0.507 e. The van der Waals surface area contributed by atoms with Crippen LogP contribution in [0.3, 0.4) is 0 Å². The van der Waals surface area contributed by atoms with E-state index in [1.807, 2.05) is 13.0 Å². The van der Waals surface area contributed by atoms with E-state index in [4.69, 9.17) is 12.2 Å². The Labute approximate surface area is 100 Å². The fraction of sp³-hybridized carbons (Fsp3) is 0.273. The van der Waals surface area contributed by atoms with Gasteiger partial charge >= 0.3 is 0 Å². The molecule has 1 rings (SSSR count). The SMILES string of the molecule is CCNC(=S)N/N=C(\C)c1ccccc1O. The Hall–Kier alpha value is -1.62. The molecule has 86 valence electrons. The summed E-state index contributed by atoms with van der Waals surface area (Å²) in [7, 11) is 0. The van der Waals surface area contributed by atoms with E-state index in [2.05, 4.69) is 15.8 Å². The van der Waals surface area contributed by atoms with Gasteiger partial charge in [0.15, 0.2) is 5.11 Å².